The molecule has 0 aliphatic heterocycles. The standard InChI is InChI=1S/C2H4O6S2.2Na.2H/c3-9(4,5)1-2-10(6,7)8;;;;/h1-2H,(H,3,4,5)(H,6,7,8);;;;/q;2*+1;2*-1. The third-order valence-electron chi connectivity index (χ3n) is 0.399. The fourth-order valence-corrected chi connectivity index (χ4v) is 1.26. The average molecular weight is 236 g/mol. The van der Waals surface area contributed by atoms with Crippen LogP contribution in [0.15, 0.2) is 10.8 Å². The molecule has 0 bridgehead atoms. The van der Waals surface area contributed by atoms with E-state index in [2.05, 4.69) is 0 Å². The van der Waals surface area contributed by atoms with Crippen LogP contribution in [0.25, 0.3) is 0 Å². The van der Waals surface area contributed by atoms with Crippen molar-refractivity contribution < 1.29 is 87.9 Å². The molecule has 0 radical (unpaired) electrons. The van der Waals surface area contributed by atoms with E-state index in [1.807, 2.05) is 0 Å². The van der Waals surface area contributed by atoms with E-state index >= 15 is 0 Å². The third-order valence-corrected chi connectivity index (χ3v) is 1.53. The van der Waals surface area contributed by atoms with Crippen molar-refractivity contribution in [2.75, 3.05) is 0 Å². The summed E-state index contributed by atoms with van der Waals surface area (Å²) in [5.74, 6) is 0. The van der Waals surface area contributed by atoms with Gasteiger partial charge in [-0.3, -0.25) is 9.11 Å². The Hall–Kier alpha value is 1.56. The molecule has 6 nitrogen and oxygen atoms in total. The predicted octanol–water partition coefficient (Wildman–Crippen LogP) is -6.53. The molecule has 0 aromatic rings. The normalized spacial score (nSPS) is 11.8. The average Bonchev–Trinajstić information content (AvgIpc) is 1.57. The van der Waals surface area contributed by atoms with Gasteiger partial charge in [-0.25, -0.2) is 0 Å². The first kappa shape index (κ1) is 19.2. The summed E-state index contributed by atoms with van der Waals surface area (Å²) >= 11 is 0. The number of hydrogen-bond acceptors (Lipinski definition) is 4. The smallest absolute Gasteiger partial charge is 1.00 e. The Morgan fingerprint density at radius 3 is 1.08 bits per heavy atom. The van der Waals surface area contributed by atoms with E-state index < -0.39 is 20.2 Å². The van der Waals surface area contributed by atoms with Gasteiger partial charge in [-0.05, 0) is 0 Å². The number of rotatable bonds is 2. The van der Waals surface area contributed by atoms with Crippen LogP contribution in [-0.2, 0) is 20.2 Å². The van der Waals surface area contributed by atoms with Gasteiger partial charge in [0, 0.05) is 0 Å². The Kier molecular flexibility index (Phi) is 11.1. The van der Waals surface area contributed by atoms with E-state index in [0.29, 0.717) is 0 Å². The molecule has 0 aromatic heterocycles. The molecule has 0 fully saturated rings. The Morgan fingerprint density at radius 1 is 0.833 bits per heavy atom. The van der Waals surface area contributed by atoms with Crippen molar-refractivity contribution in [3.63, 3.8) is 0 Å². The molecule has 0 heterocycles. The zero-order chi connectivity index (χ0) is 8.41. The van der Waals surface area contributed by atoms with Gasteiger partial charge in [-0.15, -0.1) is 0 Å². The second-order valence-corrected chi connectivity index (χ2v) is 3.91. The summed E-state index contributed by atoms with van der Waals surface area (Å²) in [4.78, 5) is 0. The molecule has 0 spiro atoms. The van der Waals surface area contributed by atoms with Crippen LogP contribution in [0.3, 0.4) is 0 Å². The quantitative estimate of drug-likeness (QED) is 0.364. The predicted molar refractivity (Wildman–Crippen MR) is 34.5 cm³/mol. The third kappa shape index (κ3) is 17.6. The first-order chi connectivity index (χ1) is 4.21. The molecule has 0 atom stereocenters. The van der Waals surface area contributed by atoms with Gasteiger partial charge in [0.1, 0.15) is 0 Å². The monoisotopic (exact) mass is 236 g/mol. The van der Waals surface area contributed by atoms with Gasteiger partial charge >= 0.3 is 59.1 Å². The molecule has 10 heteroatoms. The summed E-state index contributed by atoms with van der Waals surface area (Å²) in [7, 11) is -8.95. The Labute approximate surface area is 117 Å². The van der Waals surface area contributed by atoms with Crippen LogP contribution >= 0.6 is 0 Å². The van der Waals surface area contributed by atoms with E-state index in [-0.39, 0.29) is 72.8 Å². The van der Waals surface area contributed by atoms with Crippen molar-refractivity contribution in [3.05, 3.63) is 10.8 Å². The van der Waals surface area contributed by atoms with Gasteiger partial charge < -0.3 is 2.85 Å². The van der Waals surface area contributed by atoms with Crippen LogP contribution in [0.4, 0.5) is 0 Å². The minimum absolute atomic E-state index is 0. The summed E-state index contributed by atoms with van der Waals surface area (Å²) in [6.45, 7) is 0. The topological polar surface area (TPSA) is 109 Å². The molecule has 0 saturated heterocycles. The fraction of sp³-hybridized carbons (Fsp3) is 0. The molecule has 12 heavy (non-hydrogen) atoms. The summed E-state index contributed by atoms with van der Waals surface area (Å²) < 4.78 is 54.9. The zero-order valence-corrected chi connectivity index (χ0v) is 12.1. The van der Waals surface area contributed by atoms with Crippen LogP contribution in [0.1, 0.15) is 2.85 Å². The van der Waals surface area contributed by atoms with E-state index in [1.165, 1.54) is 0 Å². The van der Waals surface area contributed by atoms with Crippen molar-refractivity contribution in [2.24, 2.45) is 0 Å². The minimum atomic E-state index is -4.48. The molecule has 0 unspecified atom stereocenters. The van der Waals surface area contributed by atoms with Gasteiger partial charge in [0.05, 0.1) is 10.8 Å². The van der Waals surface area contributed by atoms with Gasteiger partial charge in [0.15, 0.2) is 0 Å². The summed E-state index contributed by atoms with van der Waals surface area (Å²) in [5, 5.41) is -0.0787. The molecule has 0 rings (SSSR count). The molecule has 0 aromatic carbocycles. The maximum absolute atomic E-state index is 9.77. The molecule has 0 aliphatic carbocycles. The molecule has 0 saturated carbocycles. The van der Waals surface area contributed by atoms with Gasteiger partial charge in [-0.1, -0.05) is 0 Å². The van der Waals surface area contributed by atoms with E-state index in [9.17, 15) is 16.8 Å². The SMILES string of the molecule is O=S(=O)(O)C=CS(=O)(=O)O.[H-].[H-].[Na+].[Na+]. The Morgan fingerprint density at radius 2 is 1.00 bits per heavy atom. The van der Waals surface area contributed by atoms with Crippen molar-refractivity contribution in [1.82, 2.24) is 0 Å². The first-order valence-corrected chi connectivity index (χ1v) is 4.84. The molecular formula is C2H6Na2O6S2. The van der Waals surface area contributed by atoms with Gasteiger partial charge in [-0.2, -0.15) is 16.8 Å². The largest absolute Gasteiger partial charge is 1.00 e. The van der Waals surface area contributed by atoms with Crippen LogP contribution < -0.4 is 59.1 Å². The van der Waals surface area contributed by atoms with Crippen LogP contribution in [0, 0.1) is 0 Å². The van der Waals surface area contributed by atoms with Gasteiger partial charge in [0.25, 0.3) is 20.2 Å². The Bertz CT molecular complexity index is 299. The minimum Gasteiger partial charge on any atom is -1.00 e. The van der Waals surface area contributed by atoms with Crippen LogP contribution in [0.2, 0.25) is 0 Å². The molecular weight excluding hydrogens is 230 g/mol. The maximum atomic E-state index is 9.77. The van der Waals surface area contributed by atoms with E-state index in [0.717, 1.165) is 0 Å². The number of hydrogen-bond donors (Lipinski definition) is 2. The fourth-order valence-electron chi connectivity index (χ4n) is 0.140. The van der Waals surface area contributed by atoms with Crippen molar-refractivity contribution in [1.29, 1.82) is 0 Å². The van der Waals surface area contributed by atoms with Crippen LogP contribution in [0.5, 0.6) is 0 Å². The zero-order valence-electron chi connectivity index (χ0n) is 8.50. The summed E-state index contributed by atoms with van der Waals surface area (Å²) in [6, 6.07) is 0. The summed E-state index contributed by atoms with van der Waals surface area (Å²) in [6.07, 6.45) is 0. The molecule has 64 valence electrons. The summed E-state index contributed by atoms with van der Waals surface area (Å²) in [5.41, 5.74) is 0. The molecule has 0 aliphatic rings. The molecule has 2 N–H and O–H groups in total. The van der Waals surface area contributed by atoms with Crippen molar-refractivity contribution >= 4 is 20.2 Å². The maximum Gasteiger partial charge on any atom is 1.00 e. The van der Waals surface area contributed by atoms with Crippen LogP contribution in [-0.4, -0.2) is 25.9 Å². The second-order valence-electron chi connectivity index (χ2n) is 1.30. The molecule has 0 amide bonds. The second kappa shape index (κ2) is 6.93. The van der Waals surface area contributed by atoms with Crippen molar-refractivity contribution in [2.45, 2.75) is 0 Å². The van der Waals surface area contributed by atoms with E-state index in [4.69, 9.17) is 9.11 Å². The first-order valence-electron chi connectivity index (χ1n) is 1.84. The Balaban J connectivity index is -0.0000000675. The van der Waals surface area contributed by atoms with Gasteiger partial charge in [0.2, 0.25) is 0 Å². The van der Waals surface area contributed by atoms with Crippen molar-refractivity contribution in [3.8, 4) is 0 Å². The van der Waals surface area contributed by atoms with E-state index in [1.54, 1.807) is 0 Å².